The fraction of sp³-hybridized carbons (Fsp3) is 0.474. The Bertz CT molecular complexity index is 706. The molecule has 120 valence electrons. The molecule has 23 heavy (non-hydrogen) atoms. The molecule has 0 radical (unpaired) electrons. The van der Waals surface area contributed by atoms with Crippen molar-refractivity contribution in [3.05, 3.63) is 42.1 Å². The number of nitrogens with one attached hydrogen (secondary N) is 1. The summed E-state index contributed by atoms with van der Waals surface area (Å²) in [5, 5.41) is 4.42. The lowest BCUT2D eigenvalue weighted by Crippen LogP contribution is -2.45. The second-order valence-corrected chi connectivity index (χ2v) is 6.73. The number of hydrogen-bond donors (Lipinski definition) is 1. The minimum atomic E-state index is 0.134. The van der Waals surface area contributed by atoms with Crippen LogP contribution in [-0.4, -0.2) is 30.1 Å². The molecule has 2 heterocycles. The van der Waals surface area contributed by atoms with Gasteiger partial charge in [-0.2, -0.15) is 0 Å². The van der Waals surface area contributed by atoms with Crippen LogP contribution in [0.3, 0.4) is 0 Å². The number of benzene rings is 1. The van der Waals surface area contributed by atoms with E-state index in [4.69, 9.17) is 4.74 Å². The first-order valence-corrected chi connectivity index (χ1v) is 8.52. The van der Waals surface area contributed by atoms with E-state index in [2.05, 4.69) is 28.5 Å². The standard InChI is InChI=1S/C19H22N2O2/c22-19(13-4-3-5-13)21-18-12-23-11-15(18)10-14-8-9-20-17-7-2-1-6-16(14)17/h1-2,6-9,13,15,18H,3-5,10-12H2,(H,21,22). The van der Waals surface area contributed by atoms with Crippen molar-refractivity contribution in [2.24, 2.45) is 11.8 Å². The molecule has 1 N–H and O–H groups in total. The smallest absolute Gasteiger partial charge is 0.223 e. The Morgan fingerprint density at radius 2 is 2.09 bits per heavy atom. The normalized spacial score (nSPS) is 24.5. The molecule has 2 fully saturated rings. The zero-order valence-corrected chi connectivity index (χ0v) is 13.2. The summed E-state index contributed by atoms with van der Waals surface area (Å²) in [6.45, 7) is 1.35. The summed E-state index contributed by atoms with van der Waals surface area (Å²) in [5.74, 6) is 0.791. The van der Waals surface area contributed by atoms with E-state index < -0.39 is 0 Å². The fourth-order valence-electron chi connectivity index (χ4n) is 3.55. The minimum absolute atomic E-state index is 0.134. The van der Waals surface area contributed by atoms with Crippen LogP contribution in [0.15, 0.2) is 36.5 Å². The third-order valence-electron chi connectivity index (χ3n) is 5.22. The molecule has 1 amide bonds. The molecular formula is C19H22N2O2. The van der Waals surface area contributed by atoms with E-state index in [1.807, 2.05) is 18.3 Å². The van der Waals surface area contributed by atoms with Crippen LogP contribution < -0.4 is 5.32 Å². The third-order valence-corrected chi connectivity index (χ3v) is 5.22. The number of hydrogen-bond acceptors (Lipinski definition) is 3. The number of aromatic nitrogens is 1. The molecule has 0 spiro atoms. The summed E-state index contributed by atoms with van der Waals surface area (Å²) in [6, 6.07) is 10.4. The van der Waals surface area contributed by atoms with Crippen molar-refractivity contribution >= 4 is 16.8 Å². The zero-order chi connectivity index (χ0) is 15.6. The first kappa shape index (κ1) is 14.6. The van der Waals surface area contributed by atoms with Gasteiger partial charge in [0.15, 0.2) is 0 Å². The van der Waals surface area contributed by atoms with Crippen molar-refractivity contribution in [2.75, 3.05) is 13.2 Å². The summed E-state index contributed by atoms with van der Waals surface area (Å²) >= 11 is 0. The van der Waals surface area contributed by atoms with Crippen molar-refractivity contribution in [1.29, 1.82) is 0 Å². The maximum absolute atomic E-state index is 12.2. The van der Waals surface area contributed by atoms with Crippen molar-refractivity contribution in [1.82, 2.24) is 10.3 Å². The molecule has 1 aliphatic carbocycles. The maximum atomic E-state index is 12.2. The highest BCUT2D eigenvalue weighted by Gasteiger charge is 2.33. The number of carbonyl (C=O) groups excluding carboxylic acids is 1. The Hall–Kier alpha value is -1.94. The average Bonchev–Trinajstić information content (AvgIpc) is 2.93. The minimum Gasteiger partial charge on any atom is -0.379 e. The first-order valence-electron chi connectivity index (χ1n) is 8.52. The molecule has 4 nitrogen and oxygen atoms in total. The Balaban J connectivity index is 1.49. The number of nitrogens with zero attached hydrogens (tertiary/aromatic N) is 1. The Kier molecular flexibility index (Phi) is 4.00. The van der Waals surface area contributed by atoms with E-state index in [-0.39, 0.29) is 17.9 Å². The van der Waals surface area contributed by atoms with Crippen molar-refractivity contribution in [2.45, 2.75) is 31.7 Å². The molecule has 2 unspecified atom stereocenters. The number of fused-ring (bicyclic) bond motifs is 1. The summed E-state index contributed by atoms with van der Waals surface area (Å²) in [5.41, 5.74) is 2.31. The van der Waals surface area contributed by atoms with Gasteiger partial charge in [-0.05, 0) is 37.0 Å². The van der Waals surface area contributed by atoms with Gasteiger partial charge < -0.3 is 10.1 Å². The lowest BCUT2D eigenvalue weighted by molar-refractivity contribution is -0.128. The number of rotatable bonds is 4. The summed E-state index contributed by atoms with van der Waals surface area (Å²) < 4.78 is 5.66. The maximum Gasteiger partial charge on any atom is 0.223 e. The highest BCUT2D eigenvalue weighted by atomic mass is 16.5. The van der Waals surface area contributed by atoms with E-state index in [0.29, 0.717) is 19.1 Å². The summed E-state index contributed by atoms with van der Waals surface area (Å²) in [4.78, 5) is 16.6. The monoisotopic (exact) mass is 310 g/mol. The van der Waals surface area contributed by atoms with Crippen molar-refractivity contribution < 1.29 is 9.53 Å². The number of ether oxygens (including phenoxy) is 1. The van der Waals surface area contributed by atoms with E-state index in [1.54, 1.807) is 0 Å². The van der Waals surface area contributed by atoms with Gasteiger partial charge in [0.2, 0.25) is 5.91 Å². The molecule has 4 heteroatoms. The molecule has 0 bridgehead atoms. The second-order valence-electron chi connectivity index (χ2n) is 6.73. The van der Waals surface area contributed by atoms with Gasteiger partial charge in [0.25, 0.3) is 0 Å². The quantitative estimate of drug-likeness (QED) is 0.944. The molecule has 2 atom stereocenters. The topological polar surface area (TPSA) is 51.2 Å². The van der Waals surface area contributed by atoms with Gasteiger partial charge in [-0.1, -0.05) is 24.6 Å². The van der Waals surface area contributed by atoms with Crippen LogP contribution in [0.1, 0.15) is 24.8 Å². The average molecular weight is 310 g/mol. The van der Waals surface area contributed by atoms with Gasteiger partial charge >= 0.3 is 0 Å². The van der Waals surface area contributed by atoms with Crippen LogP contribution in [0.5, 0.6) is 0 Å². The molecule has 2 aliphatic rings. The summed E-state index contributed by atoms with van der Waals surface area (Å²) in [7, 11) is 0. The highest BCUT2D eigenvalue weighted by molar-refractivity contribution is 5.82. The van der Waals surface area contributed by atoms with Gasteiger partial charge in [-0.25, -0.2) is 0 Å². The summed E-state index contributed by atoms with van der Waals surface area (Å²) in [6.07, 6.45) is 6.05. The number of pyridine rings is 1. The molecule has 1 aromatic heterocycles. The van der Waals surface area contributed by atoms with Crippen LogP contribution in [0, 0.1) is 11.8 Å². The molecule has 1 aromatic carbocycles. The molecular weight excluding hydrogens is 288 g/mol. The Morgan fingerprint density at radius 3 is 2.91 bits per heavy atom. The molecule has 1 saturated carbocycles. The van der Waals surface area contributed by atoms with Crippen LogP contribution in [0.4, 0.5) is 0 Å². The van der Waals surface area contributed by atoms with E-state index in [0.717, 1.165) is 24.8 Å². The van der Waals surface area contributed by atoms with Crippen molar-refractivity contribution in [3.63, 3.8) is 0 Å². The lowest BCUT2D eigenvalue weighted by atomic mass is 9.84. The zero-order valence-electron chi connectivity index (χ0n) is 13.2. The van der Waals surface area contributed by atoms with Gasteiger partial charge in [-0.3, -0.25) is 9.78 Å². The van der Waals surface area contributed by atoms with Gasteiger partial charge in [0.1, 0.15) is 0 Å². The molecule has 4 rings (SSSR count). The fourth-order valence-corrected chi connectivity index (χ4v) is 3.55. The van der Waals surface area contributed by atoms with Gasteiger partial charge in [0.05, 0.1) is 24.8 Å². The molecule has 1 aliphatic heterocycles. The van der Waals surface area contributed by atoms with E-state index in [1.165, 1.54) is 17.4 Å². The van der Waals surface area contributed by atoms with Gasteiger partial charge in [-0.15, -0.1) is 0 Å². The van der Waals surface area contributed by atoms with Crippen LogP contribution in [0.2, 0.25) is 0 Å². The number of amides is 1. The first-order chi connectivity index (χ1) is 11.3. The Morgan fingerprint density at radius 1 is 1.22 bits per heavy atom. The Labute approximate surface area is 136 Å². The molecule has 1 saturated heterocycles. The van der Waals surface area contributed by atoms with Crippen LogP contribution >= 0.6 is 0 Å². The van der Waals surface area contributed by atoms with Gasteiger partial charge in [0, 0.05) is 23.4 Å². The number of carbonyl (C=O) groups is 1. The van der Waals surface area contributed by atoms with E-state index >= 15 is 0 Å². The SMILES string of the molecule is O=C(NC1COCC1Cc1ccnc2ccccc12)C1CCC1. The van der Waals surface area contributed by atoms with Crippen LogP contribution in [-0.2, 0) is 16.0 Å². The largest absolute Gasteiger partial charge is 0.379 e. The second kappa shape index (κ2) is 6.28. The predicted octanol–water partition coefficient (Wildman–Crippen LogP) is 2.71. The molecule has 2 aromatic rings. The highest BCUT2D eigenvalue weighted by Crippen LogP contribution is 2.28. The number of para-hydroxylation sites is 1. The lowest BCUT2D eigenvalue weighted by Gasteiger charge is -2.27. The predicted molar refractivity (Wildman–Crippen MR) is 89.0 cm³/mol. The third kappa shape index (κ3) is 2.95. The van der Waals surface area contributed by atoms with E-state index in [9.17, 15) is 4.79 Å². The van der Waals surface area contributed by atoms with Crippen LogP contribution in [0.25, 0.3) is 10.9 Å². The van der Waals surface area contributed by atoms with Crippen molar-refractivity contribution in [3.8, 4) is 0 Å².